The van der Waals surface area contributed by atoms with Crippen molar-refractivity contribution in [3.05, 3.63) is 47.7 Å². The number of pyridine rings is 1. The maximum Gasteiger partial charge on any atom is 0.143 e. The average Bonchev–Trinajstić information content (AvgIpc) is 2.99. The SMILES string of the molecule is COc1cc(Cl)ccc1N1CCN(c2cn(C)c3ncccc23)CC1. The van der Waals surface area contributed by atoms with Crippen molar-refractivity contribution < 1.29 is 4.74 Å². The van der Waals surface area contributed by atoms with Crippen LogP contribution >= 0.6 is 11.6 Å². The molecule has 0 unspecified atom stereocenters. The molecular formula is C19H21ClN4O. The normalized spacial score (nSPS) is 15.0. The molecule has 2 aromatic heterocycles. The van der Waals surface area contributed by atoms with Crippen molar-refractivity contribution in [1.82, 2.24) is 9.55 Å². The van der Waals surface area contributed by atoms with Crippen molar-refractivity contribution in [1.29, 1.82) is 0 Å². The molecule has 0 radical (unpaired) electrons. The number of halogens is 1. The summed E-state index contributed by atoms with van der Waals surface area (Å²) in [6.45, 7) is 3.79. The first-order valence-electron chi connectivity index (χ1n) is 8.41. The summed E-state index contributed by atoms with van der Waals surface area (Å²) in [4.78, 5) is 9.28. The van der Waals surface area contributed by atoms with Crippen LogP contribution in [0.3, 0.4) is 0 Å². The van der Waals surface area contributed by atoms with Gasteiger partial charge < -0.3 is 19.1 Å². The van der Waals surface area contributed by atoms with E-state index in [-0.39, 0.29) is 0 Å². The van der Waals surface area contributed by atoms with Crippen LogP contribution in [0.25, 0.3) is 11.0 Å². The fourth-order valence-corrected chi connectivity index (χ4v) is 3.71. The third-order valence-electron chi connectivity index (χ3n) is 4.82. The Labute approximate surface area is 152 Å². The molecule has 1 saturated heterocycles. The van der Waals surface area contributed by atoms with Gasteiger partial charge in [-0.2, -0.15) is 0 Å². The minimum atomic E-state index is 0.697. The van der Waals surface area contributed by atoms with Gasteiger partial charge >= 0.3 is 0 Å². The summed E-state index contributed by atoms with van der Waals surface area (Å²) in [5, 5.41) is 1.91. The van der Waals surface area contributed by atoms with Gasteiger partial charge in [0.05, 0.1) is 18.5 Å². The number of nitrogens with zero attached hydrogens (tertiary/aromatic N) is 4. The highest BCUT2D eigenvalue weighted by atomic mass is 35.5. The molecular weight excluding hydrogens is 336 g/mol. The van der Waals surface area contributed by atoms with Crippen LogP contribution in [-0.4, -0.2) is 42.8 Å². The van der Waals surface area contributed by atoms with E-state index in [2.05, 4.69) is 31.6 Å². The zero-order valence-electron chi connectivity index (χ0n) is 14.4. The third-order valence-corrected chi connectivity index (χ3v) is 5.05. The van der Waals surface area contributed by atoms with Gasteiger partial charge in [0, 0.05) is 62.1 Å². The van der Waals surface area contributed by atoms with Gasteiger partial charge in [-0.1, -0.05) is 11.6 Å². The minimum absolute atomic E-state index is 0.697. The first-order chi connectivity index (χ1) is 12.2. The summed E-state index contributed by atoms with van der Waals surface area (Å²) in [6, 6.07) is 9.98. The molecule has 4 rings (SSSR count). The number of hydrogen-bond donors (Lipinski definition) is 0. The third kappa shape index (κ3) is 2.89. The fourth-order valence-electron chi connectivity index (χ4n) is 3.55. The molecule has 3 aromatic rings. The summed E-state index contributed by atoms with van der Waals surface area (Å²) in [5.74, 6) is 0.829. The van der Waals surface area contributed by atoms with E-state index < -0.39 is 0 Å². The van der Waals surface area contributed by atoms with E-state index >= 15 is 0 Å². The highest BCUT2D eigenvalue weighted by molar-refractivity contribution is 6.30. The Morgan fingerprint density at radius 3 is 2.48 bits per heavy atom. The van der Waals surface area contributed by atoms with Crippen molar-refractivity contribution in [3.8, 4) is 5.75 Å². The Morgan fingerprint density at radius 2 is 1.76 bits per heavy atom. The predicted molar refractivity (Wildman–Crippen MR) is 103 cm³/mol. The monoisotopic (exact) mass is 356 g/mol. The van der Waals surface area contributed by atoms with E-state index in [4.69, 9.17) is 16.3 Å². The highest BCUT2D eigenvalue weighted by Gasteiger charge is 2.22. The van der Waals surface area contributed by atoms with Crippen molar-refractivity contribution in [2.24, 2.45) is 7.05 Å². The number of rotatable bonds is 3. The second-order valence-corrected chi connectivity index (χ2v) is 6.73. The minimum Gasteiger partial charge on any atom is -0.495 e. The van der Waals surface area contributed by atoms with Crippen LogP contribution < -0.4 is 14.5 Å². The van der Waals surface area contributed by atoms with Crippen LogP contribution in [0.1, 0.15) is 0 Å². The molecule has 0 spiro atoms. The standard InChI is InChI=1S/C19H21ClN4O/c1-22-13-17(15-4-3-7-21-19(15)22)24-10-8-23(9-11-24)16-6-5-14(20)12-18(16)25-2/h3-7,12-13H,8-11H2,1-2H3. The number of aromatic nitrogens is 2. The Balaban J connectivity index is 1.55. The molecule has 130 valence electrons. The Morgan fingerprint density at radius 1 is 1.04 bits per heavy atom. The molecule has 5 nitrogen and oxygen atoms in total. The number of ether oxygens (including phenoxy) is 1. The molecule has 25 heavy (non-hydrogen) atoms. The van der Waals surface area contributed by atoms with Crippen LogP contribution in [0.15, 0.2) is 42.7 Å². The summed E-state index contributed by atoms with van der Waals surface area (Å²) in [5.41, 5.74) is 3.39. The van der Waals surface area contributed by atoms with Gasteiger partial charge in [-0.25, -0.2) is 4.98 Å². The fraction of sp³-hybridized carbons (Fsp3) is 0.316. The largest absolute Gasteiger partial charge is 0.495 e. The molecule has 1 aromatic carbocycles. The molecule has 1 aliphatic heterocycles. The van der Waals surface area contributed by atoms with Crippen molar-refractivity contribution in [3.63, 3.8) is 0 Å². The van der Waals surface area contributed by atoms with E-state index in [1.165, 1.54) is 11.1 Å². The maximum absolute atomic E-state index is 6.08. The summed E-state index contributed by atoms with van der Waals surface area (Å²) >= 11 is 6.08. The first-order valence-corrected chi connectivity index (χ1v) is 8.78. The zero-order valence-corrected chi connectivity index (χ0v) is 15.2. The average molecular weight is 357 g/mol. The number of piperazine rings is 1. The maximum atomic E-state index is 6.08. The molecule has 1 fully saturated rings. The van der Waals surface area contributed by atoms with Gasteiger partial charge in [-0.3, -0.25) is 0 Å². The molecule has 0 bridgehead atoms. The zero-order chi connectivity index (χ0) is 17.4. The van der Waals surface area contributed by atoms with E-state index in [0.717, 1.165) is 43.3 Å². The lowest BCUT2D eigenvalue weighted by Gasteiger charge is -2.37. The molecule has 0 amide bonds. The van der Waals surface area contributed by atoms with Crippen molar-refractivity contribution in [2.45, 2.75) is 0 Å². The summed E-state index contributed by atoms with van der Waals surface area (Å²) in [7, 11) is 3.74. The number of methoxy groups -OCH3 is 1. The van der Waals surface area contributed by atoms with E-state index in [0.29, 0.717) is 5.02 Å². The first kappa shape index (κ1) is 16.1. The van der Waals surface area contributed by atoms with Gasteiger partial charge in [0.1, 0.15) is 11.4 Å². The Kier molecular flexibility index (Phi) is 4.17. The predicted octanol–water partition coefficient (Wildman–Crippen LogP) is 3.56. The second-order valence-electron chi connectivity index (χ2n) is 6.29. The number of fused-ring (bicyclic) bond motifs is 1. The van der Waals surface area contributed by atoms with Gasteiger partial charge in [0.15, 0.2) is 0 Å². The number of anilines is 2. The number of hydrogen-bond acceptors (Lipinski definition) is 4. The van der Waals surface area contributed by atoms with Gasteiger partial charge in [0.2, 0.25) is 0 Å². The van der Waals surface area contributed by atoms with Crippen LogP contribution in [0.5, 0.6) is 5.75 Å². The summed E-state index contributed by atoms with van der Waals surface area (Å²) < 4.78 is 7.60. The lowest BCUT2D eigenvalue weighted by atomic mass is 10.2. The second kappa shape index (κ2) is 6.48. The van der Waals surface area contributed by atoms with Crippen LogP contribution in [-0.2, 0) is 7.05 Å². The van der Waals surface area contributed by atoms with E-state index in [1.54, 1.807) is 7.11 Å². The van der Waals surface area contributed by atoms with Crippen LogP contribution in [0.4, 0.5) is 11.4 Å². The Bertz CT molecular complexity index is 900. The van der Waals surface area contributed by atoms with Gasteiger partial charge in [-0.15, -0.1) is 0 Å². The molecule has 0 N–H and O–H groups in total. The molecule has 0 saturated carbocycles. The Hall–Kier alpha value is -2.40. The van der Waals surface area contributed by atoms with E-state index in [9.17, 15) is 0 Å². The topological polar surface area (TPSA) is 33.5 Å². The van der Waals surface area contributed by atoms with Crippen molar-refractivity contribution in [2.75, 3.05) is 43.1 Å². The molecule has 1 aliphatic rings. The van der Waals surface area contributed by atoms with Gasteiger partial charge in [0.25, 0.3) is 0 Å². The lowest BCUT2D eigenvalue weighted by Crippen LogP contribution is -2.46. The quantitative estimate of drug-likeness (QED) is 0.718. The van der Waals surface area contributed by atoms with E-state index in [1.807, 2.05) is 37.5 Å². The molecule has 0 aliphatic carbocycles. The molecule has 0 atom stereocenters. The lowest BCUT2D eigenvalue weighted by molar-refractivity contribution is 0.413. The number of aryl methyl sites for hydroxylation is 1. The highest BCUT2D eigenvalue weighted by Crippen LogP contribution is 2.33. The molecule has 3 heterocycles. The van der Waals surface area contributed by atoms with Crippen LogP contribution in [0, 0.1) is 0 Å². The molecule has 6 heteroatoms. The van der Waals surface area contributed by atoms with Crippen molar-refractivity contribution >= 4 is 34.0 Å². The summed E-state index contributed by atoms with van der Waals surface area (Å²) in [6.07, 6.45) is 4.02. The smallest absolute Gasteiger partial charge is 0.143 e. The number of benzene rings is 1. The van der Waals surface area contributed by atoms with Gasteiger partial charge in [-0.05, 0) is 24.3 Å². The van der Waals surface area contributed by atoms with Crippen LogP contribution in [0.2, 0.25) is 5.02 Å².